The molecule has 0 fully saturated rings. The topological polar surface area (TPSA) is 30.5 Å². The summed E-state index contributed by atoms with van der Waals surface area (Å²) in [5, 5.41) is 3.56. The van der Waals surface area contributed by atoms with E-state index in [2.05, 4.69) is 48.1 Å². The molecule has 0 bridgehead atoms. The van der Waals surface area contributed by atoms with Crippen LogP contribution < -0.4 is 14.8 Å². The van der Waals surface area contributed by atoms with Crippen molar-refractivity contribution in [2.45, 2.75) is 59.2 Å². The van der Waals surface area contributed by atoms with Crippen LogP contribution in [0.2, 0.25) is 0 Å². The molecule has 0 radical (unpaired) electrons. The summed E-state index contributed by atoms with van der Waals surface area (Å²) in [4.78, 5) is 0. The van der Waals surface area contributed by atoms with Crippen LogP contribution in [-0.4, -0.2) is 18.8 Å². The van der Waals surface area contributed by atoms with E-state index in [1.165, 1.54) is 0 Å². The highest BCUT2D eigenvalue weighted by Crippen LogP contribution is 2.35. The minimum Gasteiger partial charge on any atom is -0.493 e. The largest absolute Gasteiger partial charge is 0.493 e. The minimum atomic E-state index is 0.102. The zero-order chi connectivity index (χ0) is 15.3. The lowest BCUT2D eigenvalue weighted by atomic mass is 10.0. The molecule has 0 spiro atoms. The van der Waals surface area contributed by atoms with Crippen molar-refractivity contribution < 1.29 is 9.47 Å². The first-order chi connectivity index (χ1) is 9.29. The van der Waals surface area contributed by atoms with E-state index in [-0.39, 0.29) is 11.6 Å². The van der Waals surface area contributed by atoms with Crippen molar-refractivity contribution in [2.75, 3.05) is 7.11 Å². The van der Waals surface area contributed by atoms with E-state index in [9.17, 15) is 0 Å². The summed E-state index contributed by atoms with van der Waals surface area (Å²) in [6.07, 6.45) is 1.18. The van der Waals surface area contributed by atoms with Crippen molar-refractivity contribution >= 4 is 15.9 Å². The summed E-state index contributed by atoms with van der Waals surface area (Å²) >= 11 is 3.53. The van der Waals surface area contributed by atoms with Gasteiger partial charge in [-0.25, -0.2) is 0 Å². The molecule has 1 aromatic carbocycles. The molecule has 1 aromatic rings. The fourth-order valence-electron chi connectivity index (χ4n) is 1.73. The third kappa shape index (κ3) is 4.98. The van der Waals surface area contributed by atoms with Crippen molar-refractivity contribution in [1.82, 2.24) is 5.32 Å². The Bertz CT molecular complexity index is 444. The molecule has 1 rings (SSSR count). The van der Waals surface area contributed by atoms with Gasteiger partial charge < -0.3 is 14.8 Å². The Balaban J connectivity index is 3.06. The van der Waals surface area contributed by atoms with Gasteiger partial charge in [-0.05, 0) is 46.2 Å². The van der Waals surface area contributed by atoms with Crippen molar-refractivity contribution in [3.63, 3.8) is 0 Å². The van der Waals surface area contributed by atoms with Gasteiger partial charge in [0.2, 0.25) is 0 Å². The summed E-state index contributed by atoms with van der Waals surface area (Å²) in [6.45, 7) is 11.4. The standard InChI is InChI=1S/C16H26BrNO2/c1-7-16(4,5)18-10-12-8-13(17)9-14(19-6)15(12)20-11(2)3/h8-9,11,18H,7,10H2,1-6H3. The van der Waals surface area contributed by atoms with E-state index in [0.717, 1.165) is 34.5 Å². The third-order valence-electron chi connectivity index (χ3n) is 3.31. The average molecular weight is 344 g/mol. The second-order valence-electron chi connectivity index (χ2n) is 5.85. The molecule has 0 saturated heterocycles. The second kappa shape index (κ2) is 7.32. The number of rotatable bonds is 7. The first kappa shape index (κ1) is 17.3. The second-order valence-corrected chi connectivity index (χ2v) is 6.77. The Morgan fingerprint density at radius 2 is 1.95 bits per heavy atom. The van der Waals surface area contributed by atoms with E-state index in [4.69, 9.17) is 9.47 Å². The van der Waals surface area contributed by atoms with E-state index in [1.807, 2.05) is 19.9 Å². The molecule has 0 aliphatic heterocycles. The highest BCUT2D eigenvalue weighted by atomic mass is 79.9. The number of hydrogen-bond acceptors (Lipinski definition) is 3. The zero-order valence-electron chi connectivity index (χ0n) is 13.3. The van der Waals surface area contributed by atoms with Crippen molar-refractivity contribution in [3.8, 4) is 11.5 Å². The van der Waals surface area contributed by atoms with Crippen LogP contribution in [-0.2, 0) is 6.54 Å². The van der Waals surface area contributed by atoms with Gasteiger partial charge in [-0.2, -0.15) is 0 Å². The van der Waals surface area contributed by atoms with Gasteiger partial charge in [-0.3, -0.25) is 0 Å². The van der Waals surface area contributed by atoms with Crippen molar-refractivity contribution in [1.29, 1.82) is 0 Å². The van der Waals surface area contributed by atoms with Gasteiger partial charge in [-0.15, -0.1) is 0 Å². The molecular weight excluding hydrogens is 318 g/mol. The monoisotopic (exact) mass is 343 g/mol. The molecule has 0 aliphatic rings. The SMILES string of the molecule is CCC(C)(C)NCc1cc(Br)cc(OC)c1OC(C)C. The Labute approximate surface area is 131 Å². The fourth-order valence-corrected chi connectivity index (χ4v) is 2.22. The molecule has 1 N–H and O–H groups in total. The van der Waals surface area contributed by atoms with Gasteiger partial charge in [-0.1, -0.05) is 22.9 Å². The Morgan fingerprint density at radius 3 is 2.45 bits per heavy atom. The maximum atomic E-state index is 5.94. The van der Waals surface area contributed by atoms with Crippen LogP contribution in [0.1, 0.15) is 46.6 Å². The highest BCUT2D eigenvalue weighted by Gasteiger charge is 2.18. The molecule has 0 heterocycles. The number of ether oxygens (including phenoxy) is 2. The van der Waals surface area contributed by atoms with Crippen molar-refractivity contribution in [3.05, 3.63) is 22.2 Å². The first-order valence-corrected chi connectivity index (χ1v) is 7.86. The van der Waals surface area contributed by atoms with Gasteiger partial charge in [0.25, 0.3) is 0 Å². The lowest BCUT2D eigenvalue weighted by Gasteiger charge is -2.26. The van der Waals surface area contributed by atoms with Crippen LogP contribution in [0.15, 0.2) is 16.6 Å². The lowest BCUT2D eigenvalue weighted by Crippen LogP contribution is -2.37. The highest BCUT2D eigenvalue weighted by molar-refractivity contribution is 9.10. The van der Waals surface area contributed by atoms with Gasteiger partial charge in [0.15, 0.2) is 11.5 Å². The summed E-state index contributed by atoms with van der Waals surface area (Å²) < 4.78 is 12.4. The third-order valence-corrected chi connectivity index (χ3v) is 3.77. The van der Waals surface area contributed by atoms with Crippen LogP contribution >= 0.6 is 15.9 Å². The molecule has 4 heteroatoms. The Morgan fingerprint density at radius 1 is 1.30 bits per heavy atom. The number of benzene rings is 1. The molecule has 0 aromatic heterocycles. The fraction of sp³-hybridized carbons (Fsp3) is 0.625. The summed E-state index contributed by atoms with van der Waals surface area (Å²) in [7, 11) is 1.67. The molecule has 0 aliphatic carbocycles. The number of methoxy groups -OCH3 is 1. The van der Waals surface area contributed by atoms with E-state index in [1.54, 1.807) is 7.11 Å². The molecule has 0 saturated carbocycles. The normalized spacial score (nSPS) is 11.8. The van der Waals surface area contributed by atoms with Crippen LogP contribution in [0.4, 0.5) is 0 Å². The van der Waals surface area contributed by atoms with Gasteiger partial charge in [0.05, 0.1) is 13.2 Å². The van der Waals surface area contributed by atoms with Crippen LogP contribution in [0, 0.1) is 0 Å². The molecule has 114 valence electrons. The van der Waals surface area contributed by atoms with Crippen molar-refractivity contribution in [2.24, 2.45) is 0 Å². The summed E-state index contributed by atoms with van der Waals surface area (Å²) in [6, 6.07) is 4.02. The van der Waals surface area contributed by atoms with Crippen LogP contribution in [0.3, 0.4) is 0 Å². The molecule has 0 unspecified atom stereocenters. The molecule has 0 amide bonds. The number of nitrogens with one attached hydrogen (secondary N) is 1. The molecular formula is C16H26BrNO2. The predicted octanol–water partition coefficient (Wildman–Crippen LogP) is 4.52. The van der Waals surface area contributed by atoms with E-state index < -0.39 is 0 Å². The van der Waals surface area contributed by atoms with Gasteiger partial charge in [0.1, 0.15) is 0 Å². The summed E-state index contributed by atoms with van der Waals surface area (Å²) in [5.74, 6) is 1.59. The van der Waals surface area contributed by atoms with Crippen LogP contribution in [0.25, 0.3) is 0 Å². The molecule has 0 atom stereocenters. The van der Waals surface area contributed by atoms with Crippen LogP contribution in [0.5, 0.6) is 11.5 Å². The average Bonchev–Trinajstić information content (AvgIpc) is 2.38. The minimum absolute atomic E-state index is 0.102. The van der Waals surface area contributed by atoms with E-state index in [0.29, 0.717) is 0 Å². The Kier molecular flexibility index (Phi) is 6.34. The zero-order valence-corrected chi connectivity index (χ0v) is 14.9. The quantitative estimate of drug-likeness (QED) is 0.789. The lowest BCUT2D eigenvalue weighted by molar-refractivity contribution is 0.226. The number of hydrogen-bond donors (Lipinski definition) is 1. The summed E-state index contributed by atoms with van der Waals surface area (Å²) in [5.41, 5.74) is 1.21. The van der Waals surface area contributed by atoms with E-state index >= 15 is 0 Å². The Hall–Kier alpha value is -0.740. The molecule has 20 heavy (non-hydrogen) atoms. The maximum Gasteiger partial charge on any atom is 0.166 e. The van der Waals surface area contributed by atoms with Gasteiger partial charge in [0, 0.05) is 22.1 Å². The number of halogens is 1. The maximum absolute atomic E-state index is 5.94. The van der Waals surface area contributed by atoms with Gasteiger partial charge >= 0.3 is 0 Å². The smallest absolute Gasteiger partial charge is 0.166 e. The predicted molar refractivity (Wildman–Crippen MR) is 87.7 cm³/mol. The first-order valence-electron chi connectivity index (χ1n) is 7.07. The molecule has 3 nitrogen and oxygen atoms in total.